The first-order valence-electron chi connectivity index (χ1n) is 14.2. The molecule has 0 radical (unpaired) electrons. The second-order valence-electron chi connectivity index (χ2n) is 11.9. The van der Waals surface area contributed by atoms with Crippen molar-refractivity contribution in [3.8, 4) is 5.75 Å². The number of hydrogen-bond acceptors (Lipinski definition) is 7. The maximum Gasteiger partial charge on any atom is 0.419 e. The van der Waals surface area contributed by atoms with Crippen LogP contribution in [0.3, 0.4) is 0 Å². The predicted molar refractivity (Wildman–Crippen MR) is 156 cm³/mol. The molecule has 214 valence electrons. The number of nitrogens with zero attached hydrogens (tertiary/aromatic N) is 3. The van der Waals surface area contributed by atoms with Gasteiger partial charge in [-0.3, -0.25) is 9.47 Å². The summed E-state index contributed by atoms with van der Waals surface area (Å²) in [5.41, 5.74) is 5.25. The highest BCUT2D eigenvalue weighted by molar-refractivity contribution is 5.95. The second-order valence-corrected chi connectivity index (χ2v) is 11.9. The normalized spacial score (nSPS) is 17.9. The van der Waals surface area contributed by atoms with Crippen LogP contribution in [0, 0.1) is 6.92 Å². The number of benzene rings is 2. The monoisotopic (exact) mass is 547 g/mol. The quantitative estimate of drug-likeness (QED) is 0.328. The standard InChI is InChI=1S/C32H41N3O5/c1-21-18-28(38-5)25(23-13-17-35(29(21)23)31(37)40-32(2,3)4)20-34-14-8-7-10-26(34)24-12-11-22(30(36)39-6)19-27(24)33-15-9-16-33/h11-13,17-19,26H,7-10,14-16,20H2,1-6H3/t26-/m0/s1. The molecule has 40 heavy (non-hydrogen) atoms. The van der Waals surface area contributed by atoms with Gasteiger partial charge in [-0.2, -0.15) is 0 Å². The molecule has 5 rings (SSSR count). The first kappa shape index (κ1) is 28.0. The first-order valence-corrected chi connectivity index (χ1v) is 14.2. The van der Waals surface area contributed by atoms with Gasteiger partial charge in [0.25, 0.3) is 0 Å². The van der Waals surface area contributed by atoms with Gasteiger partial charge in [-0.15, -0.1) is 0 Å². The van der Waals surface area contributed by atoms with Crippen LogP contribution < -0.4 is 9.64 Å². The number of anilines is 1. The summed E-state index contributed by atoms with van der Waals surface area (Å²) >= 11 is 0. The number of likely N-dealkylation sites (tertiary alicyclic amines) is 1. The molecule has 1 aromatic heterocycles. The minimum absolute atomic E-state index is 0.199. The summed E-state index contributed by atoms with van der Waals surface area (Å²) in [6.07, 6.45) is 5.87. The molecule has 2 aliphatic rings. The van der Waals surface area contributed by atoms with E-state index in [4.69, 9.17) is 14.2 Å². The Labute approximate surface area is 236 Å². The fraction of sp³-hybridized carbons (Fsp3) is 0.500. The Morgan fingerprint density at radius 2 is 1.77 bits per heavy atom. The van der Waals surface area contributed by atoms with Crippen LogP contribution in [0.1, 0.15) is 79.5 Å². The Kier molecular flexibility index (Phi) is 7.82. The number of methoxy groups -OCH3 is 2. The molecule has 1 atom stereocenters. The molecule has 2 fully saturated rings. The molecule has 2 saturated heterocycles. The SMILES string of the molecule is COC(=O)c1ccc([C@@H]2CCCCN2Cc2c(OC)cc(C)c3c2ccn3C(=O)OC(C)(C)C)c(N2CCC2)c1. The van der Waals surface area contributed by atoms with Gasteiger partial charge >= 0.3 is 12.1 Å². The molecule has 3 aromatic rings. The molecule has 8 nitrogen and oxygen atoms in total. The molecule has 0 N–H and O–H groups in total. The lowest BCUT2D eigenvalue weighted by Crippen LogP contribution is -2.40. The molecule has 0 saturated carbocycles. The average Bonchev–Trinajstić information content (AvgIpc) is 3.34. The lowest BCUT2D eigenvalue weighted by atomic mass is 9.91. The third-order valence-electron chi connectivity index (χ3n) is 8.02. The third-order valence-corrected chi connectivity index (χ3v) is 8.02. The van der Waals surface area contributed by atoms with Crippen molar-refractivity contribution in [3.63, 3.8) is 0 Å². The number of esters is 1. The van der Waals surface area contributed by atoms with Crippen LogP contribution in [-0.4, -0.2) is 61.0 Å². The molecular formula is C32H41N3O5. The molecule has 2 aromatic carbocycles. The van der Waals surface area contributed by atoms with Gasteiger partial charge in [0.15, 0.2) is 0 Å². The van der Waals surface area contributed by atoms with E-state index in [1.165, 1.54) is 12.7 Å². The molecule has 0 amide bonds. The zero-order chi connectivity index (χ0) is 28.6. The van der Waals surface area contributed by atoms with Gasteiger partial charge in [0.1, 0.15) is 11.4 Å². The number of aromatic nitrogens is 1. The van der Waals surface area contributed by atoms with Crippen molar-refractivity contribution < 1.29 is 23.8 Å². The van der Waals surface area contributed by atoms with Crippen molar-refractivity contribution >= 4 is 28.7 Å². The van der Waals surface area contributed by atoms with Crippen molar-refractivity contribution in [2.24, 2.45) is 0 Å². The maximum absolute atomic E-state index is 13.1. The summed E-state index contributed by atoms with van der Waals surface area (Å²) in [6.45, 7) is 11.3. The van der Waals surface area contributed by atoms with Crippen LogP contribution >= 0.6 is 0 Å². The Bertz CT molecular complexity index is 1420. The van der Waals surface area contributed by atoms with Crippen LogP contribution in [0.15, 0.2) is 36.5 Å². The van der Waals surface area contributed by atoms with E-state index in [-0.39, 0.29) is 18.1 Å². The fourth-order valence-electron chi connectivity index (χ4n) is 6.01. The van der Waals surface area contributed by atoms with Crippen molar-refractivity contribution in [2.45, 2.75) is 71.6 Å². The van der Waals surface area contributed by atoms with Gasteiger partial charge in [-0.25, -0.2) is 9.59 Å². The minimum atomic E-state index is -0.588. The number of piperidine rings is 1. The van der Waals surface area contributed by atoms with Gasteiger partial charge in [-0.05, 0) is 88.9 Å². The molecule has 0 aliphatic carbocycles. The van der Waals surface area contributed by atoms with Crippen LogP contribution in [0.4, 0.5) is 10.5 Å². The number of aryl methyl sites for hydroxylation is 1. The van der Waals surface area contributed by atoms with Crippen LogP contribution in [0.2, 0.25) is 0 Å². The highest BCUT2D eigenvalue weighted by atomic mass is 16.6. The fourth-order valence-corrected chi connectivity index (χ4v) is 6.01. The predicted octanol–water partition coefficient (Wildman–Crippen LogP) is 6.47. The number of ether oxygens (including phenoxy) is 3. The number of fused-ring (bicyclic) bond motifs is 1. The summed E-state index contributed by atoms with van der Waals surface area (Å²) in [4.78, 5) is 30.3. The van der Waals surface area contributed by atoms with Gasteiger partial charge < -0.3 is 19.1 Å². The van der Waals surface area contributed by atoms with Crippen molar-refractivity contribution in [2.75, 3.05) is 38.8 Å². The molecule has 0 unspecified atom stereocenters. The summed E-state index contributed by atoms with van der Waals surface area (Å²) in [5.74, 6) is 0.510. The average molecular weight is 548 g/mol. The van der Waals surface area contributed by atoms with Gasteiger partial charge in [-0.1, -0.05) is 12.5 Å². The molecule has 8 heteroatoms. The summed E-state index contributed by atoms with van der Waals surface area (Å²) in [5, 5.41) is 0.996. The van der Waals surface area contributed by atoms with E-state index in [9.17, 15) is 9.59 Å². The van der Waals surface area contributed by atoms with Crippen molar-refractivity contribution in [1.29, 1.82) is 0 Å². The van der Waals surface area contributed by atoms with Gasteiger partial charge in [0, 0.05) is 48.5 Å². The summed E-state index contributed by atoms with van der Waals surface area (Å²) in [7, 11) is 3.13. The Morgan fingerprint density at radius 3 is 2.42 bits per heavy atom. The Hall–Kier alpha value is -3.52. The second kappa shape index (κ2) is 11.2. The van der Waals surface area contributed by atoms with E-state index in [0.29, 0.717) is 12.1 Å². The summed E-state index contributed by atoms with van der Waals surface area (Å²) in [6, 6.07) is 10.2. The molecular weight excluding hydrogens is 506 g/mol. The van der Waals surface area contributed by atoms with Gasteiger partial charge in [0.05, 0.1) is 25.3 Å². The van der Waals surface area contributed by atoms with E-state index in [0.717, 1.165) is 78.8 Å². The molecule has 0 bridgehead atoms. The topological polar surface area (TPSA) is 73.2 Å². The van der Waals surface area contributed by atoms with E-state index in [1.54, 1.807) is 17.9 Å². The Morgan fingerprint density at radius 1 is 1.00 bits per heavy atom. The van der Waals surface area contributed by atoms with Crippen LogP contribution in [0.5, 0.6) is 5.75 Å². The van der Waals surface area contributed by atoms with Crippen LogP contribution in [-0.2, 0) is 16.0 Å². The summed E-state index contributed by atoms with van der Waals surface area (Å²) < 4.78 is 18.2. The molecule has 0 spiro atoms. The largest absolute Gasteiger partial charge is 0.496 e. The number of carbonyl (C=O) groups is 2. The van der Waals surface area contributed by atoms with E-state index in [2.05, 4.69) is 15.9 Å². The molecule has 3 heterocycles. The third kappa shape index (κ3) is 5.42. The van der Waals surface area contributed by atoms with Crippen molar-refractivity contribution in [3.05, 3.63) is 58.8 Å². The maximum atomic E-state index is 13.1. The van der Waals surface area contributed by atoms with Crippen LogP contribution in [0.25, 0.3) is 10.9 Å². The zero-order valence-electron chi connectivity index (χ0n) is 24.6. The van der Waals surface area contributed by atoms with E-state index >= 15 is 0 Å². The number of rotatable bonds is 6. The van der Waals surface area contributed by atoms with Crippen molar-refractivity contribution in [1.82, 2.24) is 9.47 Å². The van der Waals surface area contributed by atoms with E-state index in [1.807, 2.05) is 52.0 Å². The smallest absolute Gasteiger partial charge is 0.419 e. The van der Waals surface area contributed by atoms with Gasteiger partial charge in [0.2, 0.25) is 0 Å². The Balaban J connectivity index is 1.54. The minimum Gasteiger partial charge on any atom is -0.496 e. The lowest BCUT2D eigenvalue weighted by Gasteiger charge is -2.41. The zero-order valence-corrected chi connectivity index (χ0v) is 24.6. The highest BCUT2D eigenvalue weighted by Gasteiger charge is 2.31. The first-order chi connectivity index (χ1) is 19.1. The molecule has 2 aliphatic heterocycles. The lowest BCUT2D eigenvalue weighted by molar-refractivity contribution is 0.0542. The van der Waals surface area contributed by atoms with E-state index < -0.39 is 5.60 Å². The number of hydrogen-bond donors (Lipinski definition) is 0. The highest BCUT2D eigenvalue weighted by Crippen LogP contribution is 2.41. The number of carbonyl (C=O) groups excluding carboxylic acids is 2.